The van der Waals surface area contributed by atoms with E-state index in [1.165, 1.54) is 0 Å². The highest BCUT2D eigenvalue weighted by molar-refractivity contribution is 5.68. The standard InChI is InChI=1S/C31H36FN7O2/c1-18(24-6-4-13-38(24)2)40-26-15-25(39-14-10-20(32)17-39)35-30(36-26)28-21-5-3-11-31(29(21)41-37-28)12-9-19-7-8-23(34)22(16-33)27(19)31/h7-8,15,18,20,24H,3-6,9-14,17,34H2,1-2H3/t18-,20+,24-,31-/m0/s1. The molecule has 0 bridgehead atoms. The first-order chi connectivity index (χ1) is 19.9. The molecule has 4 aliphatic rings. The van der Waals surface area contributed by atoms with Crippen molar-refractivity contribution in [3.63, 3.8) is 0 Å². The van der Waals surface area contributed by atoms with E-state index < -0.39 is 11.6 Å². The molecule has 1 spiro atoms. The lowest BCUT2D eigenvalue weighted by atomic mass is 9.68. The Balaban J connectivity index is 1.31. The van der Waals surface area contributed by atoms with Gasteiger partial charge in [-0.25, -0.2) is 9.37 Å². The molecule has 41 heavy (non-hydrogen) atoms. The van der Waals surface area contributed by atoms with Crippen LogP contribution in [0.25, 0.3) is 11.5 Å². The molecule has 0 saturated carbocycles. The number of rotatable bonds is 5. The third kappa shape index (κ3) is 4.24. The molecule has 7 rings (SSSR count). The number of aromatic nitrogens is 3. The fourth-order valence-electron chi connectivity index (χ4n) is 7.73. The largest absolute Gasteiger partial charge is 0.473 e. The number of hydrogen-bond acceptors (Lipinski definition) is 9. The number of halogens is 1. The fourth-order valence-corrected chi connectivity index (χ4v) is 7.73. The van der Waals surface area contributed by atoms with Gasteiger partial charge in [0.15, 0.2) is 17.3 Å². The van der Waals surface area contributed by atoms with E-state index in [-0.39, 0.29) is 6.10 Å². The van der Waals surface area contributed by atoms with E-state index in [9.17, 15) is 9.65 Å². The highest BCUT2D eigenvalue weighted by Gasteiger charge is 2.49. The molecule has 2 N–H and O–H groups in total. The Labute approximate surface area is 239 Å². The van der Waals surface area contributed by atoms with Gasteiger partial charge in [0.2, 0.25) is 5.88 Å². The average Bonchev–Trinajstić information content (AvgIpc) is 3.76. The first-order valence-corrected chi connectivity index (χ1v) is 14.8. The minimum absolute atomic E-state index is 0.0649. The number of fused-ring (bicyclic) bond motifs is 4. The van der Waals surface area contributed by atoms with Gasteiger partial charge in [-0.3, -0.25) is 4.90 Å². The summed E-state index contributed by atoms with van der Waals surface area (Å²) in [5.41, 5.74) is 10.6. The molecule has 4 atom stereocenters. The van der Waals surface area contributed by atoms with Crippen molar-refractivity contribution in [3.05, 3.63) is 46.2 Å². The Morgan fingerprint density at radius 3 is 2.83 bits per heavy atom. The van der Waals surface area contributed by atoms with Crippen molar-refractivity contribution in [2.45, 2.75) is 82.0 Å². The summed E-state index contributed by atoms with van der Waals surface area (Å²) in [5.74, 6) is 2.33. The summed E-state index contributed by atoms with van der Waals surface area (Å²) in [7, 11) is 2.13. The lowest BCUT2D eigenvalue weighted by Gasteiger charge is -2.33. The normalized spacial score (nSPS) is 26.2. The molecule has 9 nitrogen and oxygen atoms in total. The molecule has 2 aromatic heterocycles. The summed E-state index contributed by atoms with van der Waals surface area (Å²) in [6.45, 7) is 4.03. The lowest BCUT2D eigenvalue weighted by Crippen LogP contribution is -2.38. The van der Waals surface area contributed by atoms with Gasteiger partial charge in [-0.05, 0) is 89.1 Å². The quantitative estimate of drug-likeness (QED) is 0.450. The summed E-state index contributed by atoms with van der Waals surface area (Å²) < 4.78 is 26.8. The first kappa shape index (κ1) is 26.2. The van der Waals surface area contributed by atoms with E-state index in [2.05, 4.69) is 30.1 Å². The number of nitriles is 1. The fraction of sp³-hybridized carbons (Fsp3) is 0.548. The van der Waals surface area contributed by atoms with E-state index in [4.69, 9.17) is 25.0 Å². The Morgan fingerprint density at radius 1 is 1.20 bits per heavy atom. The van der Waals surface area contributed by atoms with Crippen LogP contribution in [0, 0.1) is 11.3 Å². The second-order valence-corrected chi connectivity index (χ2v) is 12.2. The third-order valence-electron chi connectivity index (χ3n) is 9.77. The summed E-state index contributed by atoms with van der Waals surface area (Å²) in [6.07, 6.45) is 6.02. The second kappa shape index (κ2) is 9.98. The van der Waals surface area contributed by atoms with Crippen molar-refractivity contribution in [1.82, 2.24) is 20.0 Å². The predicted octanol–water partition coefficient (Wildman–Crippen LogP) is 4.56. The minimum Gasteiger partial charge on any atom is -0.473 e. The first-order valence-electron chi connectivity index (χ1n) is 14.8. The van der Waals surface area contributed by atoms with Gasteiger partial charge in [-0.1, -0.05) is 11.2 Å². The molecule has 214 valence electrons. The Morgan fingerprint density at radius 2 is 2.07 bits per heavy atom. The van der Waals surface area contributed by atoms with Crippen molar-refractivity contribution in [2.24, 2.45) is 0 Å². The number of nitrogens with zero attached hydrogens (tertiary/aromatic N) is 6. The molecule has 0 radical (unpaired) electrons. The Kier molecular flexibility index (Phi) is 6.38. The zero-order valence-electron chi connectivity index (χ0n) is 23.7. The maximum atomic E-state index is 14.2. The average molecular weight is 558 g/mol. The molecule has 3 aromatic rings. The molecule has 2 aliphatic heterocycles. The summed E-state index contributed by atoms with van der Waals surface area (Å²) in [4.78, 5) is 14.0. The zero-order chi connectivity index (χ0) is 28.3. The minimum atomic E-state index is -0.882. The molecule has 2 aliphatic carbocycles. The van der Waals surface area contributed by atoms with Gasteiger partial charge in [-0.15, -0.1) is 0 Å². The number of nitrogens with two attached hydrogens (primary N) is 1. The molecule has 10 heteroatoms. The number of ether oxygens (including phenoxy) is 1. The monoisotopic (exact) mass is 557 g/mol. The van der Waals surface area contributed by atoms with Crippen LogP contribution in [0.15, 0.2) is 22.7 Å². The number of benzene rings is 1. The zero-order valence-corrected chi connectivity index (χ0v) is 23.7. The van der Waals surface area contributed by atoms with Crippen LogP contribution in [0.3, 0.4) is 0 Å². The Hall–Kier alpha value is -3.71. The van der Waals surface area contributed by atoms with Crippen LogP contribution in [0.2, 0.25) is 0 Å². The van der Waals surface area contributed by atoms with Gasteiger partial charge in [0.1, 0.15) is 24.2 Å². The number of likely N-dealkylation sites (tertiary alicyclic amines) is 1. The molecule has 4 heterocycles. The molecule has 2 fully saturated rings. The highest BCUT2D eigenvalue weighted by Crippen LogP contribution is 2.54. The van der Waals surface area contributed by atoms with Crippen LogP contribution in [0.4, 0.5) is 15.9 Å². The van der Waals surface area contributed by atoms with Crippen LogP contribution in [0.1, 0.15) is 73.5 Å². The number of aryl methyl sites for hydroxylation is 1. The van der Waals surface area contributed by atoms with E-state index in [1.54, 1.807) is 0 Å². The van der Waals surface area contributed by atoms with Crippen LogP contribution in [-0.4, -0.2) is 65.0 Å². The predicted molar refractivity (Wildman–Crippen MR) is 153 cm³/mol. The number of alkyl halides is 1. The lowest BCUT2D eigenvalue weighted by molar-refractivity contribution is 0.117. The molecular formula is C31H36FN7O2. The molecule has 1 aromatic carbocycles. The highest BCUT2D eigenvalue weighted by atomic mass is 19.1. The Bertz CT molecular complexity index is 1530. The SMILES string of the molecule is C[C@H](Oc1cc(N2CC[C@@H](F)C2)nc(-c2noc3c2CCC[C@@]32CCc3ccc(N)c(C#N)c32)n1)[C@@H]1CCCN1C. The van der Waals surface area contributed by atoms with Gasteiger partial charge in [0.25, 0.3) is 0 Å². The van der Waals surface area contributed by atoms with Gasteiger partial charge in [0, 0.05) is 29.9 Å². The molecule has 0 unspecified atom stereocenters. The maximum Gasteiger partial charge on any atom is 0.219 e. The molecule has 2 saturated heterocycles. The van der Waals surface area contributed by atoms with E-state index in [0.717, 1.165) is 73.9 Å². The number of hydrogen-bond donors (Lipinski definition) is 1. The van der Waals surface area contributed by atoms with Crippen molar-refractivity contribution < 1.29 is 13.7 Å². The van der Waals surface area contributed by atoms with Crippen LogP contribution >= 0.6 is 0 Å². The van der Waals surface area contributed by atoms with Crippen molar-refractivity contribution >= 4 is 11.5 Å². The molecular weight excluding hydrogens is 521 g/mol. The smallest absolute Gasteiger partial charge is 0.219 e. The van der Waals surface area contributed by atoms with E-state index >= 15 is 0 Å². The van der Waals surface area contributed by atoms with Gasteiger partial charge >= 0.3 is 0 Å². The molecule has 0 amide bonds. The van der Waals surface area contributed by atoms with Crippen LogP contribution in [-0.2, 0) is 18.3 Å². The number of nitrogen functional groups attached to an aromatic ring is 1. The van der Waals surface area contributed by atoms with Gasteiger partial charge in [-0.2, -0.15) is 10.2 Å². The second-order valence-electron chi connectivity index (χ2n) is 12.2. The summed E-state index contributed by atoms with van der Waals surface area (Å²) in [6, 6.07) is 8.37. The topological polar surface area (TPSA) is 117 Å². The van der Waals surface area contributed by atoms with Crippen molar-refractivity contribution in [2.75, 3.05) is 37.3 Å². The number of anilines is 2. The third-order valence-corrected chi connectivity index (χ3v) is 9.77. The van der Waals surface area contributed by atoms with Crippen LogP contribution in [0.5, 0.6) is 5.88 Å². The van der Waals surface area contributed by atoms with Crippen molar-refractivity contribution in [1.29, 1.82) is 5.26 Å². The number of likely N-dealkylation sites (N-methyl/N-ethyl adjacent to an activating group) is 1. The maximum absolute atomic E-state index is 14.2. The van der Waals surface area contributed by atoms with E-state index in [0.29, 0.717) is 60.0 Å². The van der Waals surface area contributed by atoms with Gasteiger partial charge in [0.05, 0.1) is 17.5 Å². The van der Waals surface area contributed by atoms with Crippen molar-refractivity contribution in [3.8, 4) is 23.5 Å². The van der Waals surface area contributed by atoms with E-state index in [1.807, 2.05) is 23.1 Å². The van der Waals surface area contributed by atoms with Crippen LogP contribution < -0.4 is 15.4 Å². The summed E-state index contributed by atoms with van der Waals surface area (Å²) >= 11 is 0. The van der Waals surface area contributed by atoms with Gasteiger partial charge < -0.3 is 19.9 Å². The summed E-state index contributed by atoms with van der Waals surface area (Å²) in [5, 5.41) is 14.6.